The van der Waals surface area contributed by atoms with Gasteiger partial charge in [-0.1, -0.05) is 36.4 Å². The van der Waals surface area contributed by atoms with Crippen LogP contribution in [0.15, 0.2) is 60.9 Å². The van der Waals surface area contributed by atoms with Crippen molar-refractivity contribution >= 4 is 23.3 Å². The molecule has 5 heteroatoms. The topological polar surface area (TPSA) is 46.4 Å². The molecular weight excluding hydrogens is 318 g/mol. The summed E-state index contributed by atoms with van der Waals surface area (Å²) in [6, 6.07) is 16.2. The molecule has 1 aromatic carbocycles. The van der Waals surface area contributed by atoms with Gasteiger partial charge in [-0.15, -0.1) is 0 Å². The van der Waals surface area contributed by atoms with Crippen molar-refractivity contribution in [3.8, 4) is 0 Å². The summed E-state index contributed by atoms with van der Waals surface area (Å²) in [5.41, 5.74) is 3.27. The van der Waals surface area contributed by atoms with Crippen molar-refractivity contribution < 1.29 is 4.79 Å². The number of hydrogen-bond acceptors (Lipinski definition) is 3. The highest BCUT2D eigenvalue weighted by atomic mass is 32.2. The Morgan fingerprint density at radius 3 is 2.79 bits per heavy atom. The van der Waals surface area contributed by atoms with Crippen LogP contribution in [0.5, 0.6) is 0 Å². The fourth-order valence-corrected chi connectivity index (χ4v) is 3.30. The average molecular weight is 339 g/mol. The fraction of sp³-hybridized carbons (Fsp3) is 0.263. The van der Waals surface area contributed by atoms with E-state index in [-0.39, 0.29) is 5.91 Å². The second-order valence-electron chi connectivity index (χ2n) is 5.59. The summed E-state index contributed by atoms with van der Waals surface area (Å²) in [4.78, 5) is 16.4. The molecule has 0 radical (unpaired) electrons. The number of amides is 1. The summed E-state index contributed by atoms with van der Waals surface area (Å²) in [6.07, 6.45) is 5.47. The molecule has 0 aliphatic carbocycles. The minimum Gasteiger partial charge on any atom is -0.356 e. The largest absolute Gasteiger partial charge is 0.356 e. The van der Waals surface area contributed by atoms with Crippen molar-refractivity contribution in [3.05, 3.63) is 72.2 Å². The zero-order valence-electron chi connectivity index (χ0n) is 13.5. The van der Waals surface area contributed by atoms with E-state index in [9.17, 15) is 4.79 Å². The molecule has 0 bridgehead atoms. The molecule has 2 heterocycles. The first-order valence-corrected chi connectivity index (χ1v) is 9.28. The number of nitrogens with one attached hydrogen (secondary N) is 1. The van der Waals surface area contributed by atoms with Gasteiger partial charge in [0, 0.05) is 36.9 Å². The number of imidazole rings is 1. The molecule has 0 aliphatic heterocycles. The van der Waals surface area contributed by atoms with Crippen molar-refractivity contribution in [3.63, 3.8) is 0 Å². The Kier molecular flexibility index (Phi) is 5.90. The molecule has 124 valence electrons. The quantitative estimate of drug-likeness (QED) is 0.641. The molecular formula is C19H21N3OS. The normalized spacial score (nSPS) is 10.8. The monoisotopic (exact) mass is 339 g/mol. The number of carbonyl (C=O) groups excluding carboxylic acids is 1. The highest BCUT2D eigenvalue weighted by Crippen LogP contribution is 2.13. The SMILES string of the molecule is O=C(CCSCc1cn2ccccc2n1)NCCc1ccccc1. The van der Waals surface area contributed by atoms with Crippen LogP contribution in [0.25, 0.3) is 5.65 Å². The van der Waals surface area contributed by atoms with Crippen molar-refractivity contribution in [2.75, 3.05) is 12.3 Å². The van der Waals surface area contributed by atoms with Crippen LogP contribution in [0, 0.1) is 0 Å². The number of benzene rings is 1. The Bertz CT molecular complexity index is 752. The molecule has 0 fully saturated rings. The lowest BCUT2D eigenvalue weighted by Gasteiger charge is -2.05. The molecule has 0 saturated carbocycles. The lowest BCUT2D eigenvalue weighted by molar-refractivity contribution is -0.120. The molecule has 0 spiro atoms. The van der Waals surface area contributed by atoms with Gasteiger partial charge in [0.05, 0.1) is 5.69 Å². The second kappa shape index (κ2) is 8.55. The van der Waals surface area contributed by atoms with E-state index in [0.717, 1.165) is 29.3 Å². The molecule has 0 unspecified atom stereocenters. The maximum absolute atomic E-state index is 11.8. The highest BCUT2D eigenvalue weighted by Gasteiger charge is 2.04. The number of rotatable bonds is 8. The van der Waals surface area contributed by atoms with Gasteiger partial charge < -0.3 is 9.72 Å². The Morgan fingerprint density at radius 1 is 1.12 bits per heavy atom. The first-order valence-electron chi connectivity index (χ1n) is 8.12. The van der Waals surface area contributed by atoms with Crippen LogP contribution in [0.1, 0.15) is 17.7 Å². The summed E-state index contributed by atoms with van der Waals surface area (Å²) in [6.45, 7) is 0.694. The number of hydrogen-bond donors (Lipinski definition) is 1. The molecule has 2 aromatic heterocycles. The predicted molar refractivity (Wildman–Crippen MR) is 99.1 cm³/mol. The standard InChI is InChI=1S/C19H21N3OS/c23-19(20-11-9-16-6-2-1-3-7-16)10-13-24-15-17-14-22-12-5-4-8-18(22)21-17/h1-8,12,14H,9-11,13,15H2,(H,20,23). The number of fused-ring (bicyclic) bond motifs is 1. The van der Waals surface area contributed by atoms with Gasteiger partial charge in [0.1, 0.15) is 5.65 Å². The van der Waals surface area contributed by atoms with Crippen molar-refractivity contribution in [1.82, 2.24) is 14.7 Å². The third kappa shape index (κ3) is 4.86. The number of pyridine rings is 1. The molecule has 4 nitrogen and oxygen atoms in total. The minimum atomic E-state index is 0.119. The molecule has 24 heavy (non-hydrogen) atoms. The van der Waals surface area contributed by atoms with Gasteiger partial charge in [0.2, 0.25) is 5.91 Å². The van der Waals surface area contributed by atoms with Crippen LogP contribution in [0.3, 0.4) is 0 Å². The van der Waals surface area contributed by atoms with E-state index in [0.29, 0.717) is 13.0 Å². The van der Waals surface area contributed by atoms with Gasteiger partial charge in [-0.25, -0.2) is 4.98 Å². The van der Waals surface area contributed by atoms with E-state index in [1.165, 1.54) is 5.56 Å². The molecule has 0 saturated heterocycles. The lowest BCUT2D eigenvalue weighted by Crippen LogP contribution is -2.25. The van der Waals surface area contributed by atoms with Crippen LogP contribution in [0.4, 0.5) is 0 Å². The Balaban J connectivity index is 1.32. The van der Waals surface area contributed by atoms with Crippen LogP contribution >= 0.6 is 11.8 Å². The second-order valence-corrected chi connectivity index (χ2v) is 6.69. The van der Waals surface area contributed by atoms with Crippen LogP contribution in [0.2, 0.25) is 0 Å². The fourth-order valence-electron chi connectivity index (χ4n) is 2.48. The van der Waals surface area contributed by atoms with Crippen LogP contribution in [-0.4, -0.2) is 27.6 Å². The maximum Gasteiger partial charge on any atom is 0.220 e. The van der Waals surface area contributed by atoms with E-state index in [1.54, 1.807) is 11.8 Å². The average Bonchev–Trinajstić information content (AvgIpc) is 3.02. The molecule has 0 aliphatic rings. The number of thioether (sulfide) groups is 1. The Morgan fingerprint density at radius 2 is 1.96 bits per heavy atom. The van der Waals surface area contributed by atoms with Gasteiger partial charge in [-0.3, -0.25) is 4.79 Å². The van der Waals surface area contributed by atoms with E-state index in [2.05, 4.69) is 22.4 Å². The maximum atomic E-state index is 11.8. The Hall–Kier alpha value is -2.27. The van der Waals surface area contributed by atoms with Gasteiger partial charge in [-0.05, 0) is 24.1 Å². The summed E-state index contributed by atoms with van der Waals surface area (Å²) in [7, 11) is 0. The predicted octanol–water partition coefficient (Wildman–Crippen LogP) is 3.32. The number of nitrogens with zero attached hydrogens (tertiary/aromatic N) is 2. The van der Waals surface area contributed by atoms with Gasteiger partial charge >= 0.3 is 0 Å². The number of carbonyl (C=O) groups is 1. The van der Waals surface area contributed by atoms with Gasteiger partial charge in [-0.2, -0.15) is 11.8 Å². The molecule has 1 N–H and O–H groups in total. The van der Waals surface area contributed by atoms with E-state index in [4.69, 9.17) is 0 Å². The highest BCUT2D eigenvalue weighted by molar-refractivity contribution is 7.98. The third-order valence-electron chi connectivity index (χ3n) is 3.72. The van der Waals surface area contributed by atoms with Gasteiger partial charge in [0.25, 0.3) is 0 Å². The summed E-state index contributed by atoms with van der Waals surface area (Å²) >= 11 is 1.74. The van der Waals surface area contributed by atoms with Crippen molar-refractivity contribution in [2.45, 2.75) is 18.6 Å². The number of aromatic nitrogens is 2. The molecule has 1 amide bonds. The summed E-state index contributed by atoms with van der Waals surface area (Å²) in [5, 5.41) is 2.98. The first kappa shape index (κ1) is 16.6. The van der Waals surface area contributed by atoms with Crippen LogP contribution in [-0.2, 0) is 17.0 Å². The van der Waals surface area contributed by atoms with Crippen molar-refractivity contribution in [1.29, 1.82) is 0 Å². The van der Waals surface area contributed by atoms with E-state index >= 15 is 0 Å². The first-order chi connectivity index (χ1) is 11.8. The minimum absolute atomic E-state index is 0.119. The zero-order chi connectivity index (χ0) is 16.6. The molecule has 0 atom stereocenters. The molecule has 3 aromatic rings. The van der Waals surface area contributed by atoms with Crippen LogP contribution < -0.4 is 5.32 Å². The summed E-state index contributed by atoms with van der Waals surface area (Å²) < 4.78 is 2.02. The smallest absolute Gasteiger partial charge is 0.220 e. The third-order valence-corrected chi connectivity index (χ3v) is 4.71. The van der Waals surface area contributed by atoms with Gasteiger partial charge in [0.15, 0.2) is 0 Å². The summed E-state index contributed by atoms with van der Waals surface area (Å²) in [5.74, 6) is 1.76. The van der Waals surface area contributed by atoms with E-state index in [1.807, 2.05) is 53.2 Å². The van der Waals surface area contributed by atoms with E-state index < -0.39 is 0 Å². The Labute approximate surface area is 146 Å². The van der Waals surface area contributed by atoms with Crippen molar-refractivity contribution in [2.24, 2.45) is 0 Å². The lowest BCUT2D eigenvalue weighted by atomic mass is 10.1. The zero-order valence-corrected chi connectivity index (χ0v) is 14.3. The molecule has 3 rings (SSSR count).